The molecular formula is C25H35FN4O8S. The standard InChI is InChI=1S/C23H33FN4O4S.C2H2O4/c1-3-26-22(33(30,31)4-2)25-28(23(26)29)13-7-12-27-18-10-11-19(27)15-20(14-18)32-16-17-8-5-6-9-21(17)24;3-1(4)2(5)6/h5-6,8-9,18-20H,3-4,7,10-16H2,1-2H3;(H,3,4)(H,5,6). The fourth-order valence-corrected chi connectivity index (χ4v) is 6.17. The molecule has 2 aliphatic rings. The normalized spacial score (nSPS) is 20.8. The number of benzene rings is 1. The number of aliphatic carboxylic acids is 2. The molecule has 2 aliphatic heterocycles. The number of hydrogen-bond acceptors (Lipinski definition) is 8. The Bertz CT molecular complexity index is 1300. The number of carbonyl (C=O) groups is 2. The summed E-state index contributed by atoms with van der Waals surface area (Å²) >= 11 is 0. The topological polar surface area (TPSA) is 161 Å². The molecule has 1 aromatic heterocycles. The quantitative estimate of drug-likeness (QED) is 0.403. The van der Waals surface area contributed by atoms with Gasteiger partial charge in [0.2, 0.25) is 15.0 Å². The average Bonchev–Trinajstić information content (AvgIpc) is 3.35. The summed E-state index contributed by atoms with van der Waals surface area (Å²) in [7, 11) is -3.55. The van der Waals surface area contributed by atoms with Crippen LogP contribution in [0.2, 0.25) is 0 Å². The molecule has 2 fully saturated rings. The third-order valence-electron chi connectivity index (χ3n) is 7.11. The fraction of sp³-hybridized carbons (Fsp3) is 0.600. The SMILES string of the molecule is CCn1c(S(=O)(=O)CC)nn(CCCN2C3CCC2CC(OCc2ccccc2F)C3)c1=O.O=C(O)C(=O)O. The zero-order valence-corrected chi connectivity index (χ0v) is 22.8. The van der Waals surface area contributed by atoms with Crippen molar-refractivity contribution in [3.63, 3.8) is 0 Å². The van der Waals surface area contributed by atoms with Crippen LogP contribution in [0.15, 0.2) is 34.2 Å². The smallest absolute Gasteiger partial charge is 0.414 e. The lowest BCUT2D eigenvalue weighted by Crippen LogP contribution is -2.46. The molecular weight excluding hydrogens is 535 g/mol. The molecule has 0 spiro atoms. The van der Waals surface area contributed by atoms with E-state index >= 15 is 0 Å². The summed E-state index contributed by atoms with van der Waals surface area (Å²) < 4.78 is 47.0. The molecule has 14 heteroatoms. The van der Waals surface area contributed by atoms with Crippen LogP contribution < -0.4 is 5.69 Å². The summed E-state index contributed by atoms with van der Waals surface area (Å²) in [4.78, 5) is 33.3. The molecule has 0 aliphatic carbocycles. The fourth-order valence-electron chi connectivity index (χ4n) is 5.15. The molecule has 0 amide bonds. The minimum absolute atomic E-state index is 0.0826. The molecule has 2 atom stereocenters. The second-order valence-corrected chi connectivity index (χ2v) is 11.7. The Morgan fingerprint density at radius 3 is 2.23 bits per heavy atom. The lowest BCUT2D eigenvalue weighted by molar-refractivity contribution is -0.159. The van der Waals surface area contributed by atoms with Crippen molar-refractivity contribution in [3.05, 3.63) is 46.1 Å². The number of ether oxygens (including phenoxy) is 1. The van der Waals surface area contributed by atoms with E-state index in [1.54, 1.807) is 26.0 Å². The number of sulfone groups is 1. The van der Waals surface area contributed by atoms with Gasteiger partial charge in [0.25, 0.3) is 0 Å². The van der Waals surface area contributed by atoms with E-state index in [9.17, 15) is 17.6 Å². The zero-order valence-electron chi connectivity index (χ0n) is 22.0. The number of rotatable bonds is 10. The van der Waals surface area contributed by atoms with Crippen LogP contribution in [-0.4, -0.2) is 80.3 Å². The minimum Gasteiger partial charge on any atom is -0.473 e. The summed E-state index contributed by atoms with van der Waals surface area (Å²) in [6, 6.07) is 7.58. The van der Waals surface area contributed by atoms with Gasteiger partial charge in [0, 0.05) is 37.3 Å². The van der Waals surface area contributed by atoms with Gasteiger partial charge in [-0.25, -0.2) is 31.9 Å². The number of carboxylic acid groups (broad SMARTS) is 2. The van der Waals surface area contributed by atoms with E-state index in [0.717, 1.165) is 38.6 Å². The number of halogens is 1. The maximum absolute atomic E-state index is 13.9. The Hall–Kier alpha value is -3.10. The van der Waals surface area contributed by atoms with E-state index in [4.69, 9.17) is 24.5 Å². The number of aromatic nitrogens is 3. The van der Waals surface area contributed by atoms with Crippen molar-refractivity contribution in [2.75, 3.05) is 12.3 Å². The lowest BCUT2D eigenvalue weighted by Gasteiger charge is -2.38. The van der Waals surface area contributed by atoms with Crippen molar-refractivity contribution in [1.29, 1.82) is 0 Å². The maximum Gasteiger partial charge on any atom is 0.414 e. The molecule has 216 valence electrons. The third-order valence-corrected chi connectivity index (χ3v) is 8.72. The molecule has 2 saturated heterocycles. The number of hydrogen-bond donors (Lipinski definition) is 2. The van der Waals surface area contributed by atoms with Crippen LogP contribution in [0.4, 0.5) is 4.39 Å². The molecule has 4 rings (SSSR count). The van der Waals surface area contributed by atoms with Gasteiger partial charge in [0.05, 0.1) is 18.5 Å². The molecule has 1 aromatic carbocycles. The average molecular weight is 571 g/mol. The predicted octanol–water partition coefficient (Wildman–Crippen LogP) is 1.76. The predicted molar refractivity (Wildman–Crippen MR) is 138 cm³/mol. The van der Waals surface area contributed by atoms with Gasteiger partial charge < -0.3 is 14.9 Å². The van der Waals surface area contributed by atoms with Crippen molar-refractivity contribution in [2.24, 2.45) is 0 Å². The molecule has 2 N–H and O–H groups in total. The number of aryl methyl sites for hydroxylation is 1. The van der Waals surface area contributed by atoms with Crippen LogP contribution in [0.1, 0.15) is 51.5 Å². The monoisotopic (exact) mass is 570 g/mol. The van der Waals surface area contributed by atoms with E-state index in [1.165, 1.54) is 15.3 Å². The van der Waals surface area contributed by atoms with Crippen LogP contribution in [-0.2, 0) is 43.9 Å². The van der Waals surface area contributed by atoms with Gasteiger partial charge in [0.1, 0.15) is 5.82 Å². The first-order valence-corrected chi connectivity index (χ1v) is 14.6. The molecule has 39 heavy (non-hydrogen) atoms. The molecule has 2 aromatic rings. The summed E-state index contributed by atoms with van der Waals surface area (Å²) in [5.41, 5.74) is 0.224. The van der Waals surface area contributed by atoms with Crippen LogP contribution in [0.5, 0.6) is 0 Å². The number of carboxylic acids is 2. The van der Waals surface area contributed by atoms with Gasteiger partial charge >= 0.3 is 17.6 Å². The second-order valence-electron chi connectivity index (χ2n) is 9.52. The molecule has 2 bridgehead atoms. The number of nitrogens with zero attached hydrogens (tertiary/aromatic N) is 4. The van der Waals surface area contributed by atoms with Crippen molar-refractivity contribution >= 4 is 21.8 Å². The number of piperidine rings is 1. The highest BCUT2D eigenvalue weighted by atomic mass is 32.2. The van der Waals surface area contributed by atoms with E-state index in [-0.39, 0.29) is 35.1 Å². The van der Waals surface area contributed by atoms with Crippen molar-refractivity contribution < 1.29 is 37.3 Å². The largest absolute Gasteiger partial charge is 0.473 e. The first-order chi connectivity index (χ1) is 18.5. The summed E-state index contributed by atoms with van der Waals surface area (Å²) in [5, 5.41) is 18.8. The van der Waals surface area contributed by atoms with Crippen molar-refractivity contribution in [3.8, 4) is 0 Å². The number of fused-ring (bicyclic) bond motifs is 2. The van der Waals surface area contributed by atoms with E-state index in [1.807, 2.05) is 6.07 Å². The van der Waals surface area contributed by atoms with Gasteiger partial charge in [-0.3, -0.25) is 9.47 Å². The van der Waals surface area contributed by atoms with Crippen LogP contribution in [0.3, 0.4) is 0 Å². The van der Waals surface area contributed by atoms with Gasteiger partial charge in [0.15, 0.2) is 0 Å². The van der Waals surface area contributed by atoms with E-state index < -0.39 is 21.8 Å². The van der Waals surface area contributed by atoms with E-state index in [0.29, 0.717) is 30.8 Å². The Balaban J connectivity index is 0.000000631. The van der Waals surface area contributed by atoms with E-state index in [2.05, 4.69) is 10.00 Å². The van der Waals surface area contributed by atoms with Crippen LogP contribution in [0, 0.1) is 5.82 Å². The maximum atomic E-state index is 13.9. The summed E-state index contributed by atoms with van der Waals surface area (Å²) in [6.45, 7) is 5.09. The van der Waals surface area contributed by atoms with Crippen LogP contribution >= 0.6 is 0 Å². The first kappa shape index (κ1) is 30.4. The van der Waals surface area contributed by atoms with Crippen molar-refractivity contribution in [2.45, 2.75) is 89.0 Å². The summed E-state index contributed by atoms with van der Waals surface area (Å²) in [6.07, 6.45) is 4.94. The highest BCUT2D eigenvalue weighted by Gasteiger charge is 2.40. The molecule has 0 radical (unpaired) electrons. The van der Waals surface area contributed by atoms with Gasteiger partial charge in [-0.2, -0.15) is 0 Å². The van der Waals surface area contributed by atoms with Crippen molar-refractivity contribution in [1.82, 2.24) is 19.2 Å². The van der Waals surface area contributed by atoms with Gasteiger partial charge in [-0.1, -0.05) is 25.1 Å². The Morgan fingerprint density at radius 1 is 1.08 bits per heavy atom. The Labute approximate surface area is 225 Å². The lowest BCUT2D eigenvalue weighted by atomic mass is 9.99. The molecule has 2 unspecified atom stereocenters. The highest BCUT2D eigenvalue weighted by Crippen LogP contribution is 2.37. The molecule has 3 heterocycles. The Morgan fingerprint density at radius 2 is 1.69 bits per heavy atom. The summed E-state index contributed by atoms with van der Waals surface area (Å²) in [5.74, 6) is -3.96. The zero-order chi connectivity index (χ0) is 28.7. The first-order valence-electron chi connectivity index (χ1n) is 13.0. The Kier molecular flexibility index (Phi) is 10.4. The van der Waals surface area contributed by atoms with Crippen LogP contribution in [0.25, 0.3) is 0 Å². The highest BCUT2D eigenvalue weighted by molar-refractivity contribution is 7.91. The third kappa shape index (κ3) is 7.51. The molecule has 12 nitrogen and oxygen atoms in total. The molecule has 0 saturated carbocycles. The van der Waals surface area contributed by atoms with Gasteiger partial charge in [-0.05, 0) is 45.1 Å². The second kappa shape index (κ2) is 13.3. The van der Waals surface area contributed by atoms with Gasteiger partial charge in [-0.15, -0.1) is 5.10 Å². The minimum atomic E-state index is -3.55.